The molecule has 1 fully saturated rings. The van der Waals surface area contributed by atoms with Crippen LogP contribution in [0.4, 0.5) is 5.95 Å². The van der Waals surface area contributed by atoms with E-state index in [4.69, 9.17) is 0 Å². The van der Waals surface area contributed by atoms with Crippen LogP contribution in [0.5, 0.6) is 0 Å². The molecule has 0 saturated carbocycles. The number of nitrogens with one attached hydrogen (secondary N) is 2. The molecule has 7 heteroatoms. The highest BCUT2D eigenvalue weighted by Crippen LogP contribution is 2.22. The average molecular weight is 277 g/mol. The maximum Gasteiger partial charge on any atom is 0.274 e. The molecule has 2 N–H and O–H groups in total. The lowest BCUT2D eigenvalue weighted by atomic mass is 10.2. The number of anilines is 1. The van der Waals surface area contributed by atoms with Gasteiger partial charge in [-0.1, -0.05) is 0 Å². The zero-order valence-electron chi connectivity index (χ0n) is 11.6. The van der Waals surface area contributed by atoms with Crippen molar-refractivity contribution in [1.29, 1.82) is 0 Å². The van der Waals surface area contributed by atoms with Gasteiger partial charge in [0.15, 0.2) is 0 Å². The number of aryl methyl sites for hydroxylation is 1. The summed E-state index contributed by atoms with van der Waals surface area (Å²) in [7, 11) is 1.60. The number of aromatic nitrogens is 2. The topological polar surface area (TPSA) is 79.3 Å². The van der Waals surface area contributed by atoms with Gasteiger partial charge in [-0.2, -0.15) is 0 Å². The van der Waals surface area contributed by atoms with Crippen LogP contribution in [0.15, 0.2) is 6.20 Å². The Labute approximate surface area is 117 Å². The van der Waals surface area contributed by atoms with Crippen LogP contribution in [-0.2, 0) is 11.3 Å². The number of amides is 2. The van der Waals surface area contributed by atoms with Crippen LogP contribution in [0, 0.1) is 0 Å². The van der Waals surface area contributed by atoms with Crippen LogP contribution in [0.25, 0.3) is 0 Å². The van der Waals surface area contributed by atoms with Gasteiger partial charge in [-0.15, -0.1) is 0 Å². The Morgan fingerprint density at radius 1 is 1.40 bits per heavy atom. The predicted octanol–water partition coefficient (Wildman–Crippen LogP) is 0.0493. The van der Waals surface area contributed by atoms with Gasteiger partial charge in [-0.25, -0.2) is 4.98 Å². The van der Waals surface area contributed by atoms with E-state index in [9.17, 15) is 9.59 Å². The zero-order chi connectivity index (χ0) is 14.1. The molecule has 3 rings (SSSR count). The summed E-state index contributed by atoms with van der Waals surface area (Å²) in [6.07, 6.45) is 4.39. The van der Waals surface area contributed by atoms with Crippen molar-refractivity contribution in [3.63, 3.8) is 0 Å². The minimum absolute atomic E-state index is 0.0991. The van der Waals surface area contributed by atoms with Gasteiger partial charge in [-0.3, -0.25) is 9.59 Å². The van der Waals surface area contributed by atoms with Crippen molar-refractivity contribution in [1.82, 2.24) is 19.8 Å². The van der Waals surface area contributed by atoms with Gasteiger partial charge in [0.2, 0.25) is 11.9 Å². The fourth-order valence-corrected chi connectivity index (χ4v) is 2.88. The summed E-state index contributed by atoms with van der Waals surface area (Å²) in [6.45, 7) is 2.38. The van der Waals surface area contributed by atoms with Crippen LogP contribution in [0.1, 0.15) is 29.8 Å². The first-order valence-corrected chi connectivity index (χ1v) is 7.04. The fraction of sp³-hybridized carbons (Fsp3) is 0.615. The number of nitrogens with zero attached hydrogens (tertiary/aromatic N) is 3. The van der Waals surface area contributed by atoms with Crippen molar-refractivity contribution < 1.29 is 9.59 Å². The Morgan fingerprint density at radius 3 is 3.00 bits per heavy atom. The summed E-state index contributed by atoms with van der Waals surface area (Å²) in [5.74, 6) is 0.494. The van der Waals surface area contributed by atoms with Crippen molar-refractivity contribution in [2.75, 3.05) is 25.5 Å². The lowest BCUT2D eigenvalue weighted by molar-refractivity contribution is -0.124. The number of rotatable bonds is 2. The van der Waals surface area contributed by atoms with E-state index >= 15 is 0 Å². The number of imidazole rings is 1. The monoisotopic (exact) mass is 277 g/mol. The third kappa shape index (κ3) is 2.13. The average Bonchev–Trinajstić information content (AvgIpc) is 3.11. The third-order valence-electron chi connectivity index (χ3n) is 3.92. The molecule has 1 aromatic heterocycles. The first-order valence-electron chi connectivity index (χ1n) is 7.04. The maximum atomic E-state index is 12.5. The van der Waals surface area contributed by atoms with Gasteiger partial charge in [-0.05, 0) is 19.3 Å². The highest BCUT2D eigenvalue weighted by atomic mass is 16.2. The van der Waals surface area contributed by atoms with Gasteiger partial charge in [0, 0.05) is 32.9 Å². The fourth-order valence-electron chi connectivity index (χ4n) is 2.88. The Hall–Kier alpha value is -2.05. The minimum Gasteiger partial charge on any atom is -0.357 e. The molecular formula is C13H19N5O2. The zero-order valence-corrected chi connectivity index (χ0v) is 11.6. The summed E-state index contributed by atoms with van der Waals surface area (Å²) >= 11 is 0. The molecule has 0 aromatic carbocycles. The second-order valence-corrected chi connectivity index (χ2v) is 5.19. The molecule has 108 valence electrons. The Bertz CT molecular complexity index is 515. The third-order valence-corrected chi connectivity index (χ3v) is 3.92. The van der Waals surface area contributed by atoms with Gasteiger partial charge in [0.05, 0.1) is 0 Å². The largest absolute Gasteiger partial charge is 0.357 e. The number of fused-ring (bicyclic) bond motifs is 1. The highest BCUT2D eigenvalue weighted by molar-refractivity contribution is 5.96. The molecule has 3 heterocycles. The highest BCUT2D eigenvalue weighted by Gasteiger charge is 2.35. The standard InChI is InChI=1S/C13H19N5O2/c1-14-11(19)10-4-2-7-18(10)12(20)9-8-17-6-3-5-15-13(17)16-9/h8,10H,2-7H2,1H3,(H,14,19)(H,15,16). The van der Waals surface area contributed by atoms with Gasteiger partial charge < -0.3 is 20.1 Å². The summed E-state index contributed by atoms with van der Waals surface area (Å²) in [6, 6.07) is -0.362. The van der Waals surface area contributed by atoms with E-state index < -0.39 is 0 Å². The lowest BCUT2D eigenvalue weighted by Crippen LogP contribution is -2.45. The second kappa shape index (κ2) is 5.15. The van der Waals surface area contributed by atoms with Crippen LogP contribution < -0.4 is 10.6 Å². The van der Waals surface area contributed by atoms with Crippen molar-refractivity contribution in [3.8, 4) is 0 Å². The molecule has 1 aromatic rings. The number of likely N-dealkylation sites (tertiary alicyclic amines) is 1. The first-order chi connectivity index (χ1) is 9.70. The van der Waals surface area contributed by atoms with Crippen LogP contribution in [0.3, 0.4) is 0 Å². The molecule has 20 heavy (non-hydrogen) atoms. The summed E-state index contributed by atoms with van der Waals surface area (Å²) in [5.41, 5.74) is 0.421. The SMILES string of the molecule is CNC(=O)C1CCCN1C(=O)c1cn2c(n1)NCCC2. The number of hydrogen-bond donors (Lipinski definition) is 2. The van der Waals surface area contributed by atoms with Crippen molar-refractivity contribution >= 4 is 17.8 Å². The van der Waals surface area contributed by atoms with E-state index in [-0.39, 0.29) is 17.9 Å². The molecule has 1 saturated heterocycles. The van der Waals surface area contributed by atoms with E-state index in [1.54, 1.807) is 18.1 Å². The van der Waals surface area contributed by atoms with Gasteiger partial charge in [0.1, 0.15) is 11.7 Å². The summed E-state index contributed by atoms with van der Waals surface area (Å²) in [5, 5.41) is 5.80. The van der Waals surface area contributed by atoms with Crippen molar-refractivity contribution in [2.24, 2.45) is 0 Å². The first kappa shape index (κ1) is 13.0. The number of hydrogen-bond acceptors (Lipinski definition) is 4. The summed E-state index contributed by atoms with van der Waals surface area (Å²) < 4.78 is 1.96. The van der Waals surface area contributed by atoms with Crippen LogP contribution >= 0.6 is 0 Å². The van der Waals surface area contributed by atoms with E-state index in [2.05, 4.69) is 15.6 Å². The Kier molecular flexibility index (Phi) is 3.33. The van der Waals surface area contributed by atoms with Crippen molar-refractivity contribution in [3.05, 3.63) is 11.9 Å². The van der Waals surface area contributed by atoms with E-state index in [0.29, 0.717) is 12.2 Å². The maximum absolute atomic E-state index is 12.5. The smallest absolute Gasteiger partial charge is 0.274 e. The normalized spacial score (nSPS) is 21.2. The molecule has 0 radical (unpaired) electrons. The lowest BCUT2D eigenvalue weighted by Gasteiger charge is -2.22. The molecule has 1 atom stereocenters. The number of carbonyl (C=O) groups is 2. The second-order valence-electron chi connectivity index (χ2n) is 5.19. The van der Waals surface area contributed by atoms with E-state index in [1.807, 2.05) is 4.57 Å². The molecular weight excluding hydrogens is 258 g/mol. The number of likely N-dealkylation sites (N-methyl/N-ethyl adjacent to an activating group) is 1. The van der Waals surface area contributed by atoms with E-state index in [1.165, 1.54) is 0 Å². The van der Waals surface area contributed by atoms with Crippen LogP contribution in [-0.4, -0.2) is 52.4 Å². The molecule has 0 spiro atoms. The molecule has 1 unspecified atom stereocenters. The minimum atomic E-state index is -0.362. The van der Waals surface area contributed by atoms with Gasteiger partial charge >= 0.3 is 0 Å². The predicted molar refractivity (Wildman–Crippen MR) is 73.5 cm³/mol. The molecule has 0 aliphatic carbocycles. The number of carbonyl (C=O) groups excluding carboxylic acids is 2. The van der Waals surface area contributed by atoms with Crippen molar-refractivity contribution in [2.45, 2.75) is 31.8 Å². The van der Waals surface area contributed by atoms with Crippen LogP contribution in [0.2, 0.25) is 0 Å². The molecule has 2 amide bonds. The molecule has 2 aliphatic rings. The molecule has 0 bridgehead atoms. The molecule has 7 nitrogen and oxygen atoms in total. The van der Waals surface area contributed by atoms with E-state index in [0.717, 1.165) is 38.3 Å². The quantitative estimate of drug-likeness (QED) is 0.800. The Morgan fingerprint density at radius 2 is 2.25 bits per heavy atom. The summed E-state index contributed by atoms with van der Waals surface area (Å²) in [4.78, 5) is 30.3. The van der Waals surface area contributed by atoms with Gasteiger partial charge in [0.25, 0.3) is 5.91 Å². The molecule has 2 aliphatic heterocycles. The Balaban J connectivity index is 1.81.